The smallest absolute Gasteiger partial charge is 0.239 e. The van der Waals surface area contributed by atoms with Crippen LogP contribution in [-0.4, -0.2) is 71.6 Å². The Bertz CT molecular complexity index is 746. The number of hydrogen-bond donors (Lipinski definition) is 3. The summed E-state index contributed by atoms with van der Waals surface area (Å²) in [5.41, 5.74) is 5.61. The number of unbranched alkanes of at least 4 members (excludes halogenated alkanes) is 2. The first-order valence-electron chi connectivity index (χ1n) is 13.8. The number of nitrogens with zero attached hydrogens (tertiary/aromatic N) is 4. The van der Waals surface area contributed by atoms with Crippen molar-refractivity contribution in [3.63, 3.8) is 0 Å². The van der Waals surface area contributed by atoms with Gasteiger partial charge in [0.1, 0.15) is 11.9 Å². The Hall–Kier alpha value is -1.93. The van der Waals surface area contributed by atoms with Crippen LogP contribution in [0.4, 0.5) is 11.8 Å². The maximum Gasteiger partial charge on any atom is 0.239 e. The first-order chi connectivity index (χ1) is 16.8. The molecule has 4 rings (SSSR count). The van der Waals surface area contributed by atoms with Crippen molar-refractivity contribution in [3.05, 3.63) is 12.3 Å². The lowest BCUT2D eigenvalue weighted by atomic mass is 9.93. The number of aromatic nitrogens is 2. The summed E-state index contributed by atoms with van der Waals surface area (Å²) in [4.78, 5) is 27.7. The highest BCUT2D eigenvalue weighted by Crippen LogP contribution is 2.31. The third-order valence-corrected chi connectivity index (χ3v) is 7.81. The number of likely N-dealkylation sites (tertiary alicyclic amines) is 1. The second-order valence-electron chi connectivity index (χ2n) is 10.3. The van der Waals surface area contributed by atoms with E-state index in [1.165, 1.54) is 57.8 Å². The molecule has 0 radical (unpaired) electrons. The molecule has 8 nitrogen and oxygen atoms in total. The summed E-state index contributed by atoms with van der Waals surface area (Å²) < 4.78 is 0. The zero-order chi connectivity index (χ0) is 23.6. The molecule has 1 aromatic heterocycles. The van der Waals surface area contributed by atoms with Crippen LogP contribution in [0, 0.1) is 0 Å². The summed E-state index contributed by atoms with van der Waals surface area (Å²) in [6, 6.07) is 2.40. The van der Waals surface area contributed by atoms with Gasteiger partial charge in [-0.3, -0.25) is 9.69 Å². The van der Waals surface area contributed by atoms with E-state index in [2.05, 4.69) is 25.4 Å². The van der Waals surface area contributed by atoms with E-state index in [1.54, 1.807) is 0 Å². The average molecular weight is 472 g/mol. The summed E-state index contributed by atoms with van der Waals surface area (Å²) in [6.07, 6.45) is 17.2. The lowest BCUT2D eigenvalue weighted by Crippen LogP contribution is -2.53. The van der Waals surface area contributed by atoms with Crippen LogP contribution in [0.25, 0.3) is 0 Å². The molecule has 34 heavy (non-hydrogen) atoms. The van der Waals surface area contributed by atoms with Gasteiger partial charge < -0.3 is 21.3 Å². The molecule has 1 aliphatic carbocycles. The van der Waals surface area contributed by atoms with Gasteiger partial charge >= 0.3 is 0 Å². The molecule has 0 aromatic carbocycles. The van der Waals surface area contributed by atoms with Crippen LogP contribution in [0.3, 0.4) is 0 Å². The Balaban J connectivity index is 1.43. The Morgan fingerprint density at radius 2 is 1.74 bits per heavy atom. The predicted molar refractivity (Wildman–Crippen MR) is 138 cm³/mol. The summed E-state index contributed by atoms with van der Waals surface area (Å²) >= 11 is 0. The highest BCUT2D eigenvalue weighted by atomic mass is 16.2. The highest BCUT2D eigenvalue weighted by Gasteiger charge is 2.42. The van der Waals surface area contributed by atoms with E-state index in [0.717, 1.165) is 57.7 Å². The molecule has 4 N–H and O–H groups in total. The van der Waals surface area contributed by atoms with Gasteiger partial charge in [-0.05, 0) is 57.6 Å². The van der Waals surface area contributed by atoms with E-state index in [-0.39, 0.29) is 18.0 Å². The minimum atomic E-state index is -0.164. The van der Waals surface area contributed by atoms with Crippen LogP contribution in [0.5, 0.6) is 0 Å². The molecule has 8 heteroatoms. The SMILES string of the molecule is NCCCCCNC(=O)[C@@H]1[C@@H](Nc2nccc(N3CCCCCC3)n2)CCN1C1CCCCC1. The average Bonchev–Trinajstić information content (AvgIpc) is 3.09. The molecule has 1 saturated carbocycles. The third kappa shape index (κ3) is 6.81. The van der Waals surface area contributed by atoms with Gasteiger partial charge in [-0.2, -0.15) is 4.98 Å². The molecule has 0 bridgehead atoms. The van der Waals surface area contributed by atoms with Gasteiger partial charge in [0, 0.05) is 38.4 Å². The molecule has 2 aliphatic heterocycles. The maximum absolute atomic E-state index is 13.4. The number of nitrogens with two attached hydrogens (primary N) is 1. The van der Waals surface area contributed by atoms with Gasteiger partial charge in [0.15, 0.2) is 0 Å². The van der Waals surface area contributed by atoms with Gasteiger partial charge in [-0.15, -0.1) is 0 Å². The molecule has 3 fully saturated rings. The lowest BCUT2D eigenvalue weighted by molar-refractivity contribution is -0.126. The van der Waals surface area contributed by atoms with Crippen molar-refractivity contribution >= 4 is 17.7 Å². The largest absolute Gasteiger partial charge is 0.356 e. The molecule has 3 aliphatic rings. The van der Waals surface area contributed by atoms with Crippen LogP contribution in [0.15, 0.2) is 12.3 Å². The van der Waals surface area contributed by atoms with E-state index in [4.69, 9.17) is 10.7 Å². The van der Waals surface area contributed by atoms with Crippen LogP contribution in [-0.2, 0) is 4.79 Å². The minimum Gasteiger partial charge on any atom is -0.356 e. The number of hydrogen-bond acceptors (Lipinski definition) is 7. The fourth-order valence-corrected chi connectivity index (χ4v) is 5.95. The Kier molecular flexibility index (Phi) is 9.80. The molecule has 0 unspecified atom stereocenters. The van der Waals surface area contributed by atoms with Crippen molar-refractivity contribution in [1.29, 1.82) is 0 Å². The molecule has 190 valence electrons. The van der Waals surface area contributed by atoms with Crippen molar-refractivity contribution in [2.75, 3.05) is 42.9 Å². The van der Waals surface area contributed by atoms with E-state index in [9.17, 15) is 4.79 Å². The molecular formula is C26H45N7O. The van der Waals surface area contributed by atoms with E-state index >= 15 is 0 Å². The number of amides is 1. The third-order valence-electron chi connectivity index (χ3n) is 7.81. The summed E-state index contributed by atoms with van der Waals surface area (Å²) in [6.45, 7) is 4.52. The Morgan fingerprint density at radius 3 is 2.50 bits per heavy atom. The van der Waals surface area contributed by atoms with Crippen LogP contribution < -0.4 is 21.3 Å². The lowest BCUT2D eigenvalue weighted by Gasteiger charge is -2.36. The van der Waals surface area contributed by atoms with Crippen molar-refractivity contribution in [2.45, 2.75) is 102 Å². The second kappa shape index (κ2) is 13.2. The van der Waals surface area contributed by atoms with Crippen molar-refractivity contribution < 1.29 is 4.79 Å². The topological polar surface area (TPSA) is 99.4 Å². The highest BCUT2D eigenvalue weighted by molar-refractivity contribution is 5.83. The number of carbonyl (C=O) groups excluding carboxylic acids is 1. The quantitative estimate of drug-likeness (QED) is 0.450. The van der Waals surface area contributed by atoms with Gasteiger partial charge in [0.2, 0.25) is 11.9 Å². The standard InChI is InChI=1S/C26H45N7O/c27-15-7-4-8-16-28-25(34)24-22(14-20-33(24)21-11-5-3-6-12-21)30-26-29-17-13-23(31-26)32-18-9-1-2-10-19-32/h13,17,21-22,24H,1-12,14-16,18-20,27H2,(H,28,34)(H,29,30,31)/t22-,24-/m0/s1. The summed E-state index contributed by atoms with van der Waals surface area (Å²) in [5.74, 6) is 1.80. The van der Waals surface area contributed by atoms with Crippen molar-refractivity contribution in [2.24, 2.45) is 5.73 Å². The molecule has 1 amide bonds. The number of carbonyl (C=O) groups is 1. The minimum absolute atomic E-state index is 0.0327. The van der Waals surface area contributed by atoms with Crippen LogP contribution >= 0.6 is 0 Å². The first kappa shape index (κ1) is 25.2. The zero-order valence-electron chi connectivity index (χ0n) is 20.9. The molecule has 1 aromatic rings. The van der Waals surface area contributed by atoms with Gasteiger partial charge in [0.25, 0.3) is 0 Å². The monoisotopic (exact) mass is 471 g/mol. The predicted octanol–water partition coefficient (Wildman–Crippen LogP) is 3.29. The summed E-state index contributed by atoms with van der Waals surface area (Å²) in [5, 5.41) is 6.81. The first-order valence-corrected chi connectivity index (χ1v) is 13.8. The van der Waals surface area contributed by atoms with Crippen LogP contribution in [0.2, 0.25) is 0 Å². The molecule has 0 spiro atoms. The van der Waals surface area contributed by atoms with Crippen molar-refractivity contribution in [3.8, 4) is 0 Å². The van der Waals surface area contributed by atoms with Crippen molar-refractivity contribution in [1.82, 2.24) is 20.2 Å². The Morgan fingerprint density at radius 1 is 0.971 bits per heavy atom. The van der Waals surface area contributed by atoms with E-state index in [1.807, 2.05) is 12.3 Å². The van der Waals surface area contributed by atoms with Gasteiger partial charge in [-0.1, -0.05) is 38.5 Å². The summed E-state index contributed by atoms with van der Waals surface area (Å²) in [7, 11) is 0. The van der Waals surface area contributed by atoms with E-state index < -0.39 is 0 Å². The van der Waals surface area contributed by atoms with Crippen LogP contribution in [0.1, 0.15) is 83.5 Å². The van der Waals surface area contributed by atoms with Gasteiger partial charge in [0.05, 0.1) is 6.04 Å². The fraction of sp³-hybridized carbons (Fsp3) is 0.808. The van der Waals surface area contributed by atoms with Gasteiger partial charge in [-0.25, -0.2) is 4.98 Å². The normalized spacial score (nSPS) is 24.7. The molecule has 2 atom stereocenters. The number of nitrogens with one attached hydrogen (secondary N) is 2. The maximum atomic E-state index is 13.4. The Labute approximate surface area is 205 Å². The molecule has 2 saturated heterocycles. The second-order valence-corrected chi connectivity index (χ2v) is 10.3. The number of anilines is 2. The number of rotatable bonds is 10. The zero-order valence-corrected chi connectivity index (χ0v) is 20.9. The molecule has 3 heterocycles. The fourth-order valence-electron chi connectivity index (χ4n) is 5.95. The molecular weight excluding hydrogens is 426 g/mol. The van der Waals surface area contributed by atoms with E-state index in [0.29, 0.717) is 18.5 Å².